The molecular formula is C17H31IN4. The van der Waals surface area contributed by atoms with Crippen molar-refractivity contribution in [3.63, 3.8) is 0 Å². The first-order valence-corrected chi connectivity index (χ1v) is 7.91. The standard InChI is InChI=1S/C17H30N4.HI/c1-5-7-12-19-17(18-6-2)20-13-15-10-8-9-11-16(15)14-21(3)4;/h8-11H,5-7,12-14H2,1-4H3,(H2,18,19,20);1H. The van der Waals surface area contributed by atoms with Crippen molar-refractivity contribution in [2.75, 3.05) is 27.2 Å². The summed E-state index contributed by atoms with van der Waals surface area (Å²) < 4.78 is 0. The molecule has 0 bridgehead atoms. The predicted octanol–water partition coefficient (Wildman–Crippen LogP) is 3.22. The van der Waals surface area contributed by atoms with Crippen LogP contribution in [0.2, 0.25) is 0 Å². The number of halogens is 1. The van der Waals surface area contributed by atoms with Gasteiger partial charge in [-0.2, -0.15) is 0 Å². The Morgan fingerprint density at radius 2 is 1.77 bits per heavy atom. The van der Waals surface area contributed by atoms with Crippen molar-refractivity contribution < 1.29 is 0 Å². The molecule has 0 saturated heterocycles. The van der Waals surface area contributed by atoms with Gasteiger partial charge in [-0.15, -0.1) is 24.0 Å². The lowest BCUT2D eigenvalue weighted by atomic mass is 10.1. The Labute approximate surface area is 152 Å². The van der Waals surface area contributed by atoms with Crippen molar-refractivity contribution in [2.45, 2.75) is 39.8 Å². The summed E-state index contributed by atoms with van der Waals surface area (Å²) in [4.78, 5) is 6.89. The molecule has 2 N–H and O–H groups in total. The molecule has 0 aromatic heterocycles. The monoisotopic (exact) mass is 418 g/mol. The molecule has 0 amide bonds. The molecule has 0 unspecified atom stereocenters. The molecule has 5 heteroatoms. The van der Waals surface area contributed by atoms with Crippen LogP contribution < -0.4 is 10.6 Å². The summed E-state index contributed by atoms with van der Waals surface area (Å²) in [5, 5.41) is 6.68. The second-order valence-electron chi connectivity index (χ2n) is 5.48. The number of guanidine groups is 1. The number of hydrogen-bond donors (Lipinski definition) is 2. The largest absolute Gasteiger partial charge is 0.357 e. The van der Waals surface area contributed by atoms with E-state index in [9.17, 15) is 0 Å². The highest BCUT2D eigenvalue weighted by molar-refractivity contribution is 14.0. The van der Waals surface area contributed by atoms with Gasteiger partial charge in [-0.1, -0.05) is 37.6 Å². The molecule has 1 aromatic carbocycles. The Balaban J connectivity index is 0.00000441. The fourth-order valence-electron chi connectivity index (χ4n) is 2.10. The Morgan fingerprint density at radius 3 is 2.36 bits per heavy atom. The number of unbranched alkanes of at least 4 members (excludes halogenated alkanes) is 1. The minimum absolute atomic E-state index is 0. The SMILES string of the molecule is CCCCNC(=NCc1ccccc1CN(C)C)NCC.I. The van der Waals surface area contributed by atoms with E-state index < -0.39 is 0 Å². The molecule has 126 valence electrons. The van der Waals surface area contributed by atoms with Crippen LogP contribution in [0, 0.1) is 0 Å². The maximum Gasteiger partial charge on any atom is 0.191 e. The van der Waals surface area contributed by atoms with Gasteiger partial charge in [-0.3, -0.25) is 0 Å². The quantitative estimate of drug-likeness (QED) is 0.295. The molecule has 0 spiro atoms. The van der Waals surface area contributed by atoms with Crippen LogP contribution in [-0.2, 0) is 13.1 Å². The Hall–Kier alpha value is -0.820. The van der Waals surface area contributed by atoms with Crippen LogP contribution in [0.5, 0.6) is 0 Å². The summed E-state index contributed by atoms with van der Waals surface area (Å²) in [6, 6.07) is 8.53. The lowest BCUT2D eigenvalue weighted by Gasteiger charge is -2.14. The van der Waals surface area contributed by atoms with E-state index in [1.165, 1.54) is 24.0 Å². The fraction of sp³-hybridized carbons (Fsp3) is 0.588. The van der Waals surface area contributed by atoms with Crippen LogP contribution in [0.15, 0.2) is 29.3 Å². The van der Waals surface area contributed by atoms with Crippen molar-refractivity contribution in [3.8, 4) is 0 Å². The van der Waals surface area contributed by atoms with Crippen LogP contribution in [0.3, 0.4) is 0 Å². The maximum absolute atomic E-state index is 4.70. The van der Waals surface area contributed by atoms with Crippen LogP contribution in [0.4, 0.5) is 0 Å². The maximum atomic E-state index is 4.70. The zero-order chi connectivity index (χ0) is 15.5. The van der Waals surface area contributed by atoms with Gasteiger partial charge in [0.1, 0.15) is 0 Å². The van der Waals surface area contributed by atoms with Crippen molar-refractivity contribution in [2.24, 2.45) is 4.99 Å². The van der Waals surface area contributed by atoms with E-state index >= 15 is 0 Å². The molecule has 4 nitrogen and oxygen atoms in total. The highest BCUT2D eigenvalue weighted by atomic mass is 127. The lowest BCUT2D eigenvalue weighted by Crippen LogP contribution is -2.37. The van der Waals surface area contributed by atoms with Crippen LogP contribution in [-0.4, -0.2) is 38.0 Å². The highest BCUT2D eigenvalue weighted by Crippen LogP contribution is 2.11. The van der Waals surface area contributed by atoms with Gasteiger partial charge in [-0.05, 0) is 38.6 Å². The van der Waals surface area contributed by atoms with Gasteiger partial charge in [0, 0.05) is 19.6 Å². The Morgan fingerprint density at radius 1 is 1.09 bits per heavy atom. The second-order valence-corrected chi connectivity index (χ2v) is 5.48. The lowest BCUT2D eigenvalue weighted by molar-refractivity contribution is 0.401. The molecule has 22 heavy (non-hydrogen) atoms. The Bertz CT molecular complexity index is 432. The molecule has 0 heterocycles. The van der Waals surface area contributed by atoms with E-state index in [2.05, 4.69) is 67.7 Å². The molecule has 0 aliphatic heterocycles. The minimum atomic E-state index is 0. The molecule has 0 radical (unpaired) electrons. The number of aliphatic imine (C=N–C) groups is 1. The van der Waals surface area contributed by atoms with Gasteiger partial charge < -0.3 is 15.5 Å². The molecule has 1 rings (SSSR count). The molecule has 0 aliphatic carbocycles. The normalized spacial score (nSPS) is 11.2. The molecule has 0 saturated carbocycles. The van der Waals surface area contributed by atoms with E-state index in [1.807, 2.05) is 0 Å². The third-order valence-electron chi connectivity index (χ3n) is 3.18. The van der Waals surface area contributed by atoms with E-state index in [-0.39, 0.29) is 24.0 Å². The third-order valence-corrected chi connectivity index (χ3v) is 3.18. The van der Waals surface area contributed by atoms with E-state index in [1.54, 1.807) is 0 Å². The van der Waals surface area contributed by atoms with Crippen molar-refractivity contribution in [1.29, 1.82) is 0 Å². The van der Waals surface area contributed by atoms with Gasteiger partial charge in [0.2, 0.25) is 0 Å². The zero-order valence-corrected chi connectivity index (χ0v) is 16.7. The van der Waals surface area contributed by atoms with Crippen LogP contribution >= 0.6 is 24.0 Å². The van der Waals surface area contributed by atoms with Gasteiger partial charge in [0.25, 0.3) is 0 Å². The smallest absolute Gasteiger partial charge is 0.191 e. The average Bonchev–Trinajstić information content (AvgIpc) is 2.45. The van der Waals surface area contributed by atoms with E-state index in [4.69, 9.17) is 4.99 Å². The van der Waals surface area contributed by atoms with Gasteiger partial charge >= 0.3 is 0 Å². The number of hydrogen-bond acceptors (Lipinski definition) is 2. The number of benzene rings is 1. The fourth-order valence-corrected chi connectivity index (χ4v) is 2.10. The molecule has 0 aliphatic rings. The second kappa shape index (κ2) is 12.7. The van der Waals surface area contributed by atoms with Gasteiger partial charge in [0.05, 0.1) is 6.54 Å². The molecule has 0 fully saturated rings. The topological polar surface area (TPSA) is 39.7 Å². The molecule has 0 atom stereocenters. The molecular weight excluding hydrogens is 387 g/mol. The first-order valence-electron chi connectivity index (χ1n) is 7.91. The van der Waals surface area contributed by atoms with Crippen molar-refractivity contribution in [1.82, 2.24) is 15.5 Å². The summed E-state index contributed by atoms with van der Waals surface area (Å²) in [5.74, 6) is 0.908. The van der Waals surface area contributed by atoms with E-state index in [0.29, 0.717) is 6.54 Å². The average molecular weight is 418 g/mol. The third kappa shape index (κ3) is 8.58. The van der Waals surface area contributed by atoms with E-state index in [0.717, 1.165) is 25.6 Å². The summed E-state index contributed by atoms with van der Waals surface area (Å²) in [5.41, 5.74) is 2.63. The van der Waals surface area contributed by atoms with Crippen LogP contribution in [0.25, 0.3) is 0 Å². The summed E-state index contributed by atoms with van der Waals surface area (Å²) >= 11 is 0. The summed E-state index contributed by atoms with van der Waals surface area (Å²) in [7, 11) is 4.19. The number of nitrogens with zero attached hydrogens (tertiary/aromatic N) is 2. The highest BCUT2D eigenvalue weighted by Gasteiger charge is 2.03. The van der Waals surface area contributed by atoms with Crippen molar-refractivity contribution in [3.05, 3.63) is 35.4 Å². The van der Waals surface area contributed by atoms with Gasteiger partial charge in [-0.25, -0.2) is 4.99 Å². The minimum Gasteiger partial charge on any atom is -0.357 e. The Kier molecular flexibility index (Phi) is 12.2. The zero-order valence-electron chi connectivity index (χ0n) is 14.4. The first kappa shape index (κ1) is 21.2. The first-order chi connectivity index (χ1) is 10.2. The molecule has 1 aromatic rings. The summed E-state index contributed by atoms with van der Waals surface area (Å²) in [6.45, 7) is 7.82. The number of rotatable bonds is 8. The number of nitrogens with one attached hydrogen (secondary N) is 2. The van der Waals surface area contributed by atoms with Crippen LogP contribution in [0.1, 0.15) is 37.8 Å². The van der Waals surface area contributed by atoms with Gasteiger partial charge in [0.15, 0.2) is 5.96 Å². The predicted molar refractivity (Wildman–Crippen MR) is 107 cm³/mol. The summed E-state index contributed by atoms with van der Waals surface area (Å²) in [6.07, 6.45) is 2.36. The van der Waals surface area contributed by atoms with Crippen molar-refractivity contribution >= 4 is 29.9 Å².